The molecule has 0 fully saturated rings. The summed E-state index contributed by atoms with van der Waals surface area (Å²) in [7, 11) is 0. The average molecular weight is 274 g/mol. The van der Waals surface area contributed by atoms with Crippen LogP contribution in [0.2, 0.25) is 0 Å². The molecule has 0 atom stereocenters. The van der Waals surface area contributed by atoms with Crippen molar-refractivity contribution in [3.8, 4) is 0 Å². The number of hydrogen-bond donors (Lipinski definition) is 1. The van der Waals surface area contributed by atoms with Crippen molar-refractivity contribution in [3.05, 3.63) is 34.1 Å². The van der Waals surface area contributed by atoms with E-state index in [-0.39, 0.29) is 5.82 Å². The van der Waals surface area contributed by atoms with Crippen molar-refractivity contribution in [2.45, 2.75) is 26.2 Å². The predicted molar refractivity (Wildman–Crippen MR) is 65.6 cm³/mol. The maximum atomic E-state index is 13.1. The van der Waals surface area contributed by atoms with Crippen LogP contribution in [0.3, 0.4) is 0 Å². The van der Waals surface area contributed by atoms with Crippen LogP contribution in [0, 0.1) is 5.82 Å². The van der Waals surface area contributed by atoms with Gasteiger partial charge < -0.3 is 5.32 Å². The van der Waals surface area contributed by atoms with Gasteiger partial charge in [-0.25, -0.2) is 4.39 Å². The van der Waals surface area contributed by atoms with Crippen molar-refractivity contribution in [1.82, 2.24) is 5.32 Å². The third kappa shape index (κ3) is 4.31. The van der Waals surface area contributed by atoms with Crippen LogP contribution in [0.25, 0.3) is 0 Å². The average Bonchev–Trinajstić information content (AvgIpc) is 2.24. The summed E-state index contributed by atoms with van der Waals surface area (Å²) < 4.78 is 13.8. The molecule has 3 heteroatoms. The quantitative estimate of drug-likeness (QED) is 0.783. The lowest BCUT2D eigenvalue weighted by Gasteiger charge is -2.05. The molecule has 0 saturated heterocycles. The smallest absolute Gasteiger partial charge is 0.137 e. The van der Waals surface area contributed by atoms with E-state index in [1.54, 1.807) is 6.07 Å². The molecular weight excluding hydrogens is 257 g/mol. The van der Waals surface area contributed by atoms with Gasteiger partial charge in [0.2, 0.25) is 0 Å². The molecule has 1 rings (SSSR count). The standard InChI is InChI=1S/C12H17BrFN/c1-2-15-9-4-3-6-10-7-5-8-11(14)12(10)13/h5,7-8,15H,2-4,6,9H2,1H3. The van der Waals surface area contributed by atoms with E-state index in [2.05, 4.69) is 28.2 Å². The first-order valence-electron chi connectivity index (χ1n) is 5.39. The number of aryl methyl sites for hydroxylation is 1. The number of nitrogens with one attached hydrogen (secondary N) is 1. The van der Waals surface area contributed by atoms with E-state index < -0.39 is 0 Å². The zero-order chi connectivity index (χ0) is 11.1. The van der Waals surface area contributed by atoms with Crippen LogP contribution in [0.4, 0.5) is 4.39 Å². The third-order valence-electron chi connectivity index (χ3n) is 2.33. The van der Waals surface area contributed by atoms with Crippen LogP contribution >= 0.6 is 15.9 Å². The molecule has 1 nitrogen and oxygen atoms in total. The second kappa shape index (κ2) is 6.96. The zero-order valence-corrected chi connectivity index (χ0v) is 10.6. The maximum Gasteiger partial charge on any atom is 0.137 e. The molecule has 0 radical (unpaired) electrons. The first-order chi connectivity index (χ1) is 7.25. The van der Waals surface area contributed by atoms with Gasteiger partial charge in [-0.15, -0.1) is 0 Å². The second-order valence-electron chi connectivity index (χ2n) is 3.52. The van der Waals surface area contributed by atoms with E-state index in [4.69, 9.17) is 0 Å². The molecule has 0 aliphatic rings. The normalized spacial score (nSPS) is 10.6. The van der Waals surface area contributed by atoms with Gasteiger partial charge in [0.15, 0.2) is 0 Å². The Hall–Kier alpha value is -0.410. The first kappa shape index (κ1) is 12.7. The summed E-state index contributed by atoms with van der Waals surface area (Å²) in [5.74, 6) is -0.167. The Bertz CT molecular complexity index is 302. The highest BCUT2D eigenvalue weighted by atomic mass is 79.9. The van der Waals surface area contributed by atoms with Crippen molar-refractivity contribution in [2.75, 3.05) is 13.1 Å². The van der Waals surface area contributed by atoms with Crippen molar-refractivity contribution in [3.63, 3.8) is 0 Å². The van der Waals surface area contributed by atoms with Crippen molar-refractivity contribution >= 4 is 15.9 Å². The Labute approximate surface area is 99.2 Å². The Morgan fingerprint density at radius 3 is 2.87 bits per heavy atom. The lowest BCUT2D eigenvalue weighted by molar-refractivity contribution is 0.611. The van der Waals surface area contributed by atoms with Gasteiger partial charge in [-0.05, 0) is 59.9 Å². The highest BCUT2D eigenvalue weighted by Crippen LogP contribution is 2.21. The molecule has 84 valence electrons. The number of hydrogen-bond acceptors (Lipinski definition) is 1. The van der Waals surface area contributed by atoms with Crippen molar-refractivity contribution < 1.29 is 4.39 Å². The highest BCUT2D eigenvalue weighted by Gasteiger charge is 2.03. The zero-order valence-electron chi connectivity index (χ0n) is 9.02. The number of unbranched alkanes of at least 4 members (excludes halogenated alkanes) is 1. The number of benzene rings is 1. The van der Waals surface area contributed by atoms with E-state index in [1.807, 2.05) is 6.07 Å². The molecule has 1 N–H and O–H groups in total. The van der Waals surface area contributed by atoms with Crippen LogP contribution in [-0.4, -0.2) is 13.1 Å². The molecule has 0 amide bonds. The predicted octanol–water partition coefficient (Wildman–Crippen LogP) is 3.52. The molecule has 0 aromatic heterocycles. The summed E-state index contributed by atoms with van der Waals surface area (Å²) in [5, 5.41) is 3.27. The number of rotatable bonds is 6. The summed E-state index contributed by atoms with van der Waals surface area (Å²) >= 11 is 3.27. The molecular formula is C12H17BrFN. The fraction of sp³-hybridized carbons (Fsp3) is 0.500. The first-order valence-corrected chi connectivity index (χ1v) is 6.18. The van der Waals surface area contributed by atoms with Gasteiger partial charge in [-0.2, -0.15) is 0 Å². The summed E-state index contributed by atoms with van der Waals surface area (Å²) in [4.78, 5) is 0. The Morgan fingerprint density at radius 1 is 1.33 bits per heavy atom. The monoisotopic (exact) mass is 273 g/mol. The summed E-state index contributed by atoms with van der Waals surface area (Å²) in [6.07, 6.45) is 3.16. The molecule has 0 bridgehead atoms. The number of halogens is 2. The van der Waals surface area contributed by atoms with Crippen LogP contribution in [-0.2, 0) is 6.42 Å². The maximum absolute atomic E-state index is 13.1. The second-order valence-corrected chi connectivity index (χ2v) is 4.32. The van der Waals surface area contributed by atoms with Gasteiger partial charge in [0, 0.05) is 0 Å². The van der Waals surface area contributed by atoms with Crippen molar-refractivity contribution in [1.29, 1.82) is 0 Å². The van der Waals surface area contributed by atoms with E-state index in [1.165, 1.54) is 6.07 Å². The molecule has 0 aliphatic heterocycles. The van der Waals surface area contributed by atoms with E-state index in [0.29, 0.717) is 4.47 Å². The Kier molecular flexibility index (Phi) is 5.88. The third-order valence-corrected chi connectivity index (χ3v) is 3.22. The van der Waals surface area contributed by atoms with Gasteiger partial charge in [0.25, 0.3) is 0 Å². The van der Waals surface area contributed by atoms with Crippen molar-refractivity contribution in [2.24, 2.45) is 0 Å². The minimum absolute atomic E-state index is 0.167. The molecule has 0 unspecified atom stereocenters. The van der Waals surface area contributed by atoms with Crippen LogP contribution in [0.15, 0.2) is 22.7 Å². The lowest BCUT2D eigenvalue weighted by Crippen LogP contribution is -2.13. The van der Waals surface area contributed by atoms with Gasteiger partial charge in [0.1, 0.15) is 5.82 Å². The van der Waals surface area contributed by atoms with Gasteiger partial charge in [0.05, 0.1) is 4.47 Å². The SMILES string of the molecule is CCNCCCCc1cccc(F)c1Br. The topological polar surface area (TPSA) is 12.0 Å². The Balaban J connectivity index is 2.34. The largest absolute Gasteiger partial charge is 0.317 e. The van der Waals surface area contributed by atoms with E-state index in [0.717, 1.165) is 37.9 Å². The van der Waals surface area contributed by atoms with Crippen LogP contribution in [0.1, 0.15) is 25.3 Å². The molecule has 1 aromatic rings. The summed E-state index contributed by atoms with van der Waals surface area (Å²) in [5.41, 5.74) is 1.06. The fourth-order valence-corrected chi connectivity index (χ4v) is 1.95. The summed E-state index contributed by atoms with van der Waals surface area (Å²) in [6.45, 7) is 4.16. The fourth-order valence-electron chi connectivity index (χ4n) is 1.48. The minimum atomic E-state index is -0.167. The van der Waals surface area contributed by atoms with Gasteiger partial charge >= 0.3 is 0 Å². The highest BCUT2D eigenvalue weighted by molar-refractivity contribution is 9.10. The van der Waals surface area contributed by atoms with E-state index >= 15 is 0 Å². The molecule has 0 heterocycles. The molecule has 0 saturated carbocycles. The van der Waals surface area contributed by atoms with Crippen LogP contribution in [0.5, 0.6) is 0 Å². The molecule has 15 heavy (non-hydrogen) atoms. The van der Waals surface area contributed by atoms with E-state index in [9.17, 15) is 4.39 Å². The molecule has 1 aromatic carbocycles. The summed E-state index contributed by atoms with van der Waals surface area (Å²) in [6, 6.07) is 5.21. The molecule has 0 aliphatic carbocycles. The van der Waals surface area contributed by atoms with Gasteiger partial charge in [-0.3, -0.25) is 0 Å². The van der Waals surface area contributed by atoms with Crippen LogP contribution < -0.4 is 5.32 Å². The minimum Gasteiger partial charge on any atom is -0.317 e. The lowest BCUT2D eigenvalue weighted by atomic mass is 10.1. The Morgan fingerprint density at radius 2 is 2.13 bits per heavy atom. The van der Waals surface area contributed by atoms with Gasteiger partial charge in [-0.1, -0.05) is 19.1 Å². The molecule has 0 spiro atoms.